The van der Waals surface area contributed by atoms with Crippen LogP contribution in [0.15, 0.2) is 59.7 Å². The van der Waals surface area contributed by atoms with Crippen LogP contribution in [0.25, 0.3) is 22.2 Å². The number of carbonyl (C=O) groups is 2. The van der Waals surface area contributed by atoms with Crippen molar-refractivity contribution < 1.29 is 32.6 Å². The number of ether oxygens (including phenoxy) is 3. The van der Waals surface area contributed by atoms with Crippen LogP contribution in [0.2, 0.25) is 0 Å². The lowest BCUT2D eigenvalue weighted by molar-refractivity contribution is -0.116. The summed E-state index contributed by atoms with van der Waals surface area (Å²) in [5.41, 5.74) is 0.967. The fourth-order valence-corrected chi connectivity index (χ4v) is 4.60. The number of fused-ring (bicyclic) bond motifs is 1. The van der Waals surface area contributed by atoms with Gasteiger partial charge < -0.3 is 24.5 Å². The molecular formula is C29H26F2N6O6. The van der Waals surface area contributed by atoms with Crippen LogP contribution in [0.1, 0.15) is 23.1 Å². The summed E-state index contributed by atoms with van der Waals surface area (Å²) in [7, 11) is 2.84. The minimum Gasteiger partial charge on any atom is -0.493 e. The molecular weight excluding hydrogens is 566 g/mol. The van der Waals surface area contributed by atoms with Gasteiger partial charge in [-0.1, -0.05) is 0 Å². The molecule has 5 rings (SSSR count). The summed E-state index contributed by atoms with van der Waals surface area (Å²) < 4.78 is 47.4. The predicted molar refractivity (Wildman–Crippen MR) is 151 cm³/mol. The monoisotopic (exact) mass is 592 g/mol. The first-order chi connectivity index (χ1) is 20.7. The number of nitrogens with zero attached hydrogens (tertiary/aromatic N) is 4. The lowest BCUT2D eigenvalue weighted by Crippen LogP contribution is -2.28. The van der Waals surface area contributed by atoms with Gasteiger partial charge in [0.2, 0.25) is 5.91 Å². The van der Waals surface area contributed by atoms with E-state index in [0.717, 1.165) is 0 Å². The third-order valence-electron chi connectivity index (χ3n) is 6.54. The number of hydrogen-bond acceptors (Lipinski definition) is 8. The molecule has 1 amide bonds. The number of nitrogens with one attached hydrogen (secondary N) is 2. The first kappa shape index (κ1) is 29.0. The summed E-state index contributed by atoms with van der Waals surface area (Å²) in [6.07, 6.45) is 1.36. The Kier molecular flexibility index (Phi) is 8.18. The minimum atomic E-state index is -0.772. The molecule has 2 aromatic heterocycles. The van der Waals surface area contributed by atoms with Gasteiger partial charge in [-0.2, -0.15) is 0 Å². The third kappa shape index (κ3) is 5.93. The summed E-state index contributed by atoms with van der Waals surface area (Å²) in [6.45, 7) is 1.21. The average molecular weight is 593 g/mol. The quantitative estimate of drug-likeness (QED) is 0.233. The third-order valence-corrected chi connectivity index (χ3v) is 6.54. The maximum Gasteiger partial charge on any atom is 0.338 e. The van der Waals surface area contributed by atoms with Crippen LogP contribution in [0.4, 0.5) is 14.5 Å². The molecule has 0 saturated carbocycles. The lowest BCUT2D eigenvalue weighted by atomic mass is 10.00. The normalized spacial score (nSPS) is 11.0. The highest BCUT2D eigenvalue weighted by Gasteiger charge is 2.23. The molecule has 14 heteroatoms. The van der Waals surface area contributed by atoms with Crippen LogP contribution >= 0.6 is 0 Å². The van der Waals surface area contributed by atoms with Crippen LogP contribution in [0.3, 0.4) is 0 Å². The van der Waals surface area contributed by atoms with E-state index in [4.69, 9.17) is 14.2 Å². The Hall–Kier alpha value is -5.53. The number of methoxy groups -OCH3 is 1. The molecule has 0 bridgehead atoms. The molecule has 0 aliphatic carbocycles. The smallest absolute Gasteiger partial charge is 0.338 e. The van der Waals surface area contributed by atoms with E-state index in [2.05, 4.69) is 20.5 Å². The standard InChI is InChI=1S/C29H26F2N6O6/c1-4-42-28(39)17-9-20(16-10-21(31)27(23(12-16)41-3)43-14-24-32-15-33-35-24)26-22(11-17)37(29(40)36(26)2)13-25(38)34-19-7-5-18(30)6-8-19/h5-12,15H,4,13-14H2,1-3H3,(H,34,38)(H,32,33,35). The zero-order chi connectivity index (χ0) is 30.7. The second kappa shape index (κ2) is 12.1. The number of benzene rings is 3. The molecule has 2 heterocycles. The maximum atomic E-state index is 15.5. The summed E-state index contributed by atoms with van der Waals surface area (Å²) in [6, 6.07) is 10.8. The second-order valence-corrected chi connectivity index (χ2v) is 9.31. The van der Waals surface area contributed by atoms with Crippen molar-refractivity contribution >= 4 is 28.6 Å². The largest absolute Gasteiger partial charge is 0.493 e. The number of rotatable bonds is 10. The van der Waals surface area contributed by atoms with Gasteiger partial charge in [-0.05, 0) is 61.0 Å². The van der Waals surface area contributed by atoms with Gasteiger partial charge in [0.25, 0.3) is 0 Å². The number of halogens is 2. The van der Waals surface area contributed by atoms with Gasteiger partial charge >= 0.3 is 11.7 Å². The number of esters is 1. The van der Waals surface area contributed by atoms with Crippen molar-refractivity contribution in [1.29, 1.82) is 0 Å². The molecule has 3 aromatic carbocycles. The number of aryl methyl sites for hydroxylation is 1. The zero-order valence-electron chi connectivity index (χ0n) is 23.3. The van der Waals surface area contributed by atoms with Crippen LogP contribution in [-0.2, 0) is 29.7 Å². The summed E-state index contributed by atoms with van der Waals surface area (Å²) in [5, 5.41) is 10.1. The van der Waals surface area contributed by atoms with Crippen molar-refractivity contribution in [2.75, 3.05) is 19.0 Å². The van der Waals surface area contributed by atoms with Crippen molar-refractivity contribution in [1.82, 2.24) is 24.3 Å². The van der Waals surface area contributed by atoms with Crippen molar-refractivity contribution in [3.05, 3.63) is 88.4 Å². The highest BCUT2D eigenvalue weighted by atomic mass is 19.1. The van der Waals surface area contributed by atoms with E-state index < -0.39 is 35.7 Å². The number of amides is 1. The van der Waals surface area contributed by atoms with E-state index in [1.54, 1.807) is 6.92 Å². The van der Waals surface area contributed by atoms with Gasteiger partial charge in [0.1, 0.15) is 25.3 Å². The highest BCUT2D eigenvalue weighted by molar-refractivity contribution is 6.01. The Morgan fingerprint density at radius 3 is 2.53 bits per heavy atom. The summed E-state index contributed by atoms with van der Waals surface area (Å²) in [4.78, 5) is 41.9. The van der Waals surface area contributed by atoms with Crippen molar-refractivity contribution in [2.24, 2.45) is 7.05 Å². The Bertz CT molecular complexity index is 1870. The fourth-order valence-electron chi connectivity index (χ4n) is 4.60. The zero-order valence-corrected chi connectivity index (χ0v) is 23.3. The molecule has 0 spiro atoms. The van der Waals surface area contributed by atoms with Crippen LogP contribution in [-0.4, -0.2) is 49.9 Å². The molecule has 5 aromatic rings. The number of anilines is 1. The maximum absolute atomic E-state index is 15.5. The Balaban J connectivity index is 1.61. The van der Waals surface area contributed by atoms with Crippen LogP contribution in [0.5, 0.6) is 11.5 Å². The van der Waals surface area contributed by atoms with Crippen LogP contribution < -0.4 is 20.5 Å². The number of carbonyl (C=O) groups excluding carboxylic acids is 2. The van der Waals surface area contributed by atoms with Crippen molar-refractivity contribution in [2.45, 2.75) is 20.1 Å². The number of hydrogen-bond donors (Lipinski definition) is 2. The first-order valence-electron chi connectivity index (χ1n) is 13.0. The molecule has 0 atom stereocenters. The first-order valence-corrected chi connectivity index (χ1v) is 13.0. The van der Waals surface area contributed by atoms with Crippen LogP contribution in [0, 0.1) is 11.6 Å². The van der Waals surface area contributed by atoms with E-state index in [1.807, 2.05) is 0 Å². The number of H-pyrrole nitrogens is 1. The van der Waals surface area contributed by atoms with Crippen molar-refractivity contribution in [3.63, 3.8) is 0 Å². The molecule has 43 heavy (non-hydrogen) atoms. The van der Waals surface area contributed by atoms with E-state index in [9.17, 15) is 18.8 Å². The van der Waals surface area contributed by atoms with Crippen molar-refractivity contribution in [3.8, 4) is 22.6 Å². The molecule has 0 saturated heterocycles. The molecule has 2 N–H and O–H groups in total. The van der Waals surface area contributed by atoms with E-state index in [0.29, 0.717) is 22.6 Å². The van der Waals surface area contributed by atoms with Gasteiger partial charge in [-0.15, -0.1) is 10.2 Å². The van der Waals surface area contributed by atoms with Gasteiger partial charge in [0.05, 0.1) is 30.3 Å². The second-order valence-electron chi connectivity index (χ2n) is 9.31. The van der Waals surface area contributed by atoms with Gasteiger partial charge in [0, 0.05) is 18.3 Å². The van der Waals surface area contributed by atoms with E-state index in [1.165, 1.54) is 78.1 Å². The lowest BCUT2D eigenvalue weighted by Gasteiger charge is -2.15. The Morgan fingerprint density at radius 2 is 1.86 bits per heavy atom. The molecule has 0 unspecified atom stereocenters. The van der Waals surface area contributed by atoms with Gasteiger partial charge in [0.15, 0.2) is 23.1 Å². The van der Waals surface area contributed by atoms with Gasteiger partial charge in [-0.25, -0.2) is 18.4 Å². The highest BCUT2D eigenvalue weighted by Crippen LogP contribution is 2.38. The fraction of sp³-hybridized carbons (Fsp3) is 0.207. The number of aromatic nitrogens is 5. The Labute approximate surface area is 242 Å². The molecule has 12 nitrogen and oxygen atoms in total. The van der Waals surface area contributed by atoms with E-state index >= 15 is 4.39 Å². The predicted octanol–water partition coefficient (Wildman–Crippen LogP) is 3.81. The molecule has 0 aliphatic heterocycles. The molecule has 222 valence electrons. The number of imidazole rings is 1. The molecule has 0 fully saturated rings. The molecule has 0 aliphatic rings. The number of aromatic amines is 1. The topological polar surface area (TPSA) is 142 Å². The SMILES string of the molecule is CCOC(=O)c1cc(-c2cc(F)c(OCc3nnc[nH]3)c(OC)c2)c2c(c1)n(CC(=O)Nc1ccc(F)cc1)c(=O)n2C. The molecule has 0 radical (unpaired) electrons. The van der Waals surface area contributed by atoms with E-state index in [-0.39, 0.29) is 41.4 Å². The average Bonchev–Trinajstić information content (AvgIpc) is 3.60. The summed E-state index contributed by atoms with van der Waals surface area (Å²) >= 11 is 0. The minimum absolute atomic E-state index is 0.0484. The Morgan fingerprint density at radius 1 is 1.09 bits per heavy atom. The van der Waals surface area contributed by atoms with Gasteiger partial charge in [-0.3, -0.25) is 13.9 Å². The summed E-state index contributed by atoms with van der Waals surface area (Å²) in [5.74, 6) is -2.24.